The Bertz CT molecular complexity index is 1710. The number of para-hydroxylation sites is 2. The van der Waals surface area contributed by atoms with Crippen LogP contribution >= 0.6 is 11.8 Å². The Labute approximate surface area is 191 Å². The Morgan fingerprint density at radius 3 is 2.12 bits per heavy atom. The average Bonchev–Trinajstić information content (AvgIpc) is 2.83. The molecule has 2 aromatic heterocycles. The smallest absolute Gasteiger partial charge is 0.354 e. The molecule has 0 unspecified atom stereocenters. The van der Waals surface area contributed by atoms with E-state index in [1.54, 1.807) is 54.6 Å². The van der Waals surface area contributed by atoms with Crippen LogP contribution in [-0.2, 0) is 0 Å². The molecule has 0 atom stereocenters. The summed E-state index contributed by atoms with van der Waals surface area (Å²) in [7, 11) is 0. The number of rotatable bonds is 3. The number of hydrogen-bond donors (Lipinski definition) is 1. The van der Waals surface area contributed by atoms with Crippen LogP contribution in [0.1, 0.15) is 0 Å². The van der Waals surface area contributed by atoms with Gasteiger partial charge in [0.05, 0.1) is 10.4 Å². The van der Waals surface area contributed by atoms with E-state index in [0.29, 0.717) is 16.6 Å². The van der Waals surface area contributed by atoms with Gasteiger partial charge in [-0.25, -0.2) is 22.4 Å². The summed E-state index contributed by atoms with van der Waals surface area (Å²) in [4.78, 5) is 24.1. The Hall–Kier alpha value is -4.05. The van der Waals surface area contributed by atoms with Crippen LogP contribution in [0.4, 0.5) is 17.6 Å². The lowest BCUT2D eigenvalue weighted by molar-refractivity contribution is 0.424. The van der Waals surface area contributed by atoms with Crippen molar-refractivity contribution in [3.8, 4) is 11.4 Å². The third-order valence-electron chi connectivity index (χ3n) is 5.16. The van der Waals surface area contributed by atoms with Crippen LogP contribution in [0.3, 0.4) is 0 Å². The Morgan fingerprint density at radius 2 is 1.44 bits per heavy atom. The minimum atomic E-state index is -1.76. The van der Waals surface area contributed by atoms with Crippen molar-refractivity contribution >= 4 is 33.6 Å². The SMILES string of the molecule is O=c1oc2c(c(O)c1Sc1c(F)c(F)cc(F)c1F)c(=O)n(-c1ccccc1)c1ccccc21. The number of nitrogens with zero attached hydrogens (tertiary/aromatic N) is 1. The van der Waals surface area contributed by atoms with E-state index in [4.69, 9.17) is 4.42 Å². The van der Waals surface area contributed by atoms with Crippen molar-refractivity contribution in [2.24, 2.45) is 0 Å². The predicted octanol–water partition coefficient (Wildman–Crippen LogP) is 5.51. The quantitative estimate of drug-likeness (QED) is 0.207. The maximum absolute atomic E-state index is 14.2. The van der Waals surface area contributed by atoms with Gasteiger partial charge in [0.25, 0.3) is 5.56 Å². The van der Waals surface area contributed by atoms with Crippen LogP contribution in [0.15, 0.2) is 84.5 Å². The first-order valence-electron chi connectivity index (χ1n) is 9.69. The van der Waals surface area contributed by atoms with E-state index in [9.17, 15) is 32.3 Å². The molecule has 0 saturated heterocycles. The highest BCUT2D eigenvalue weighted by Gasteiger charge is 2.26. The van der Waals surface area contributed by atoms with Gasteiger partial charge in [-0.2, -0.15) is 0 Å². The highest BCUT2D eigenvalue weighted by atomic mass is 32.2. The maximum Gasteiger partial charge on any atom is 0.354 e. The largest absolute Gasteiger partial charge is 0.505 e. The zero-order valence-electron chi connectivity index (χ0n) is 16.8. The third-order valence-corrected chi connectivity index (χ3v) is 6.28. The Kier molecular flexibility index (Phi) is 5.17. The predicted molar refractivity (Wildman–Crippen MR) is 118 cm³/mol. The molecule has 2 heterocycles. The lowest BCUT2D eigenvalue weighted by atomic mass is 10.1. The van der Waals surface area contributed by atoms with E-state index in [1.165, 1.54) is 4.57 Å². The molecule has 5 nitrogen and oxygen atoms in total. The van der Waals surface area contributed by atoms with Crippen LogP contribution in [-0.4, -0.2) is 9.67 Å². The van der Waals surface area contributed by atoms with E-state index in [2.05, 4.69) is 0 Å². The molecule has 0 spiro atoms. The van der Waals surface area contributed by atoms with Gasteiger partial charge in [0, 0.05) is 17.1 Å². The molecular formula is C24H11F4NO4S. The molecule has 0 saturated carbocycles. The fraction of sp³-hybridized carbons (Fsp3) is 0. The van der Waals surface area contributed by atoms with Gasteiger partial charge in [0.2, 0.25) is 0 Å². The van der Waals surface area contributed by atoms with Crippen LogP contribution in [0, 0.1) is 23.3 Å². The monoisotopic (exact) mass is 485 g/mol. The summed E-state index contributed by atoms with van der Waals surface area (Å²) >= 11 is -0.0814. The molecule has 34 heavy (non-hydrogen) atoms. The average molecular weight is 485 g/mol. The maximum atomic E-state index is 14.2. The number of aromatic hydroxyl groups is 1. The van der Waals surface area contributed by atoms with Crippen molar-refractivity contribution in [3.63, 3.8) is 0 Å². The second-order valence-corrected chi connectivity index (χ2v) is 8.18. The Balaban J connectivity index is 1.87. The second kappa shape index (κ2) is 8.07. The summed E-state index contributed by atoms with van der Waals surface area (Å²) in [5.41, 5.74) is -1.46. The van der Waals surface area contributed by atoms with Crippen LogP contribution in [0.25, 0.3) is 27.6 Å². The van der Waals surface area contributed by atoms with Crippen LogP contribution in [0.2, 0.25) is 0 Å². The molecule has 5 rings (SSSR count). The minimum Gasteiger partial charge on any atom is -0.505 e. The molecule has 0 amide bonds. The summed E-state index contributed by atoms with van der Waals surface area (Å²) in [5.74, 6) is -7.84. The zero-order valence-corrected chi connectivity index (χ0v) is 17.6. The topological polar surface area (TPSA) is 72.4 Å². The fourth-order valence-electron chi connectivity index (χ4n) is 3.64. The first-order chi connectivity index (χ1) is 16.3. The standard InChI is InChI=1S/C24H11F4NO4S/c25-13-10-14(26)18(28)21(17(13)27)34-22-19(30)16-20(33-24(22)32)12-8-4-5-9-15(12)29(23(16)31)11-6-2-1-3-7-11/h1-10,30H. The van der Waals surface area contributed by atoms with Gasteiger partial charge in [0.15, 0.2) is 34.6 Å². The molecule has 1 N–H and O–H groups in total. The number of pyridine rings is 1. The molecule has 0 radical (unpaired) electrons. The van der Waals surface area contributed by atoms with Crippen molar-refractivity contribution in [2.75, 3.05) is 0 Å². The molecule has 0 aliphatic carbocycles. The van der Waals surface area contributed by atoms with E-state index in [0.717, 1.165) is 0 Å². The molecule has 5 aromatic rings. The lowest BCUT2D eigenvalue weighted by Crippen LogP contribution is -2.20. The molecule has 170 valence electrons. The summed E-state index contributed by atoms with van der Waals surface area (Å²) in [6.45, 7) is 0. The highest BCUT2D eigenvalue weighted by molar-refractivity contribution is 7.99. The summed E-state index contributed by atoms with van der Waals surface area (Å²) in [5, 5.41) is 10.8. The van der Waals surface area contributed by atoms with Crippen molar-refractivity contribution in [1.29, 1.82) is 0 Å². The molecule has 0 aliphatic rings. The first-order valence-corrected chi connectivity index (χ1v) is 10.5. The third kappa shape index (κ3) is 3.26. The lowest BCUT2D eigenvalue weighted by Gasteiger charge is -2.14. The van der Waals surface area contributed by atoms with E-state index >= 15 is 0 Å². The number of aromatic nitrogens is 1. The van der Waals surface area contributed by atoms with E-state index in [-0.39, 0.29) is 23.4 Å². The van der Waals surface area contributed by atoms with E-state index in [1.807, 2.05) is 0 Å². The first kappa shape index (κ1) is 21.8. The van der Waals surface area contributed by atoms with Crippen molar-refractivity contribution < 1.29 is 27.1 Å². The van der Waals surface area contributed by atoms with Gasteiger partial charge in [-0.05, 0) is 24.3 Å². The van der Waals surface area contributed by atoms with Crippen molar-refractivity contribution in [1.82, 2.24) is 4.57 Å². The minimum absolute atomic E-state index is 0.0160. The zero-order chi connectivity index (χ0) is 24.1. The summed E-state index contributed by atoms with van der Waals surface area (Å²) < 4.78 is 62.2. The Morgan fingerprint density at radius 1 is 0.824 bits per heavy atom. The van der Waals surface area contributed by atoms with Gasteiger partial charge in [-0.1, -0.05) is 42.1 Å². The number of fused-ring (bicyclic) bond motifs is 3. The van der Waals surface area contributed by atoms with Crippen LogP contribution in [0.5, 0.6) is 5.75 Å². The normalized spacial score (nSPS) is 11.4. The molecule has 0 aliphatic heterocycles. The van der Waals surface area contributed by atoms with Crippen molar-refractivity contribution in [3.05, 3.63) is 105 Å². The molecule has 0 bridgehead atoms. The molecule has 3 aromatic carbocycles. The number of halogens is 4. The molecular weight excluding hydrogens is 474 g/mol. The van der Waals surface area contributed by atoms with Gasteiger partial charge < -0.3 is 9.52 Å². The van der Waals surface area contributed by atoms with Gasteiger partial charge in [0.1, 0.15) is 10.3 Å². The van der Waals surface area contributed by atoms with Crippen molar-refractivity contribution in [2.45, 2.75) is 9.79 Å². The second-order valence-electron chi connectivity index (χ2n) is 7.16. The number of benzene rings is 3. The molecule has 10 heteroatoms. The van der Waals surface area contributed by atoms with Crippen LogP contribution < -0.4 is 11.2 Å². The van der Waals surface area contributed by atoms with Gasteiger partial charge >= 0.3 is 5.63 Å². The van der Waals surface area contributed by atoms with Gasteiger partial charge in [-0.3, -0.25) is 9.36 Å². The van der Waals surface area contributed by atoms with Gasteiger partial charge in [-0.15, -0.1) is 0 Å². The number of hydrogen-bond acceptors (Lipinski definition) is 5. The fourth-order valence-corrected chi connectivity index (χ4v) is 4.55. The summed E-state index contributed by atoms with van der Waals surface area (Å²) in [6.07, 6.45) is 0. The molecule has 0 fully saturated rings. The van der Waals surface area contributed by atoms with E-state index < -0.39 is 55.4 Å². The highest BCUT2D eigenvalue weighted by Crippen LogP contribution is 2.40. The summed E-state index contributed by atoms with van der Waals surface area (Å²) in [6, 6.07) is 14.9.